The quantitative estimate of drug-likeness (QED) is 0.870. The van der Waals surface area contributed by atoms with E-state index in [1.165, 1.54) is 0 Å². The Kier molecular flexibility index (Phi) is 25.5. The Balaban J connectivity index is -0.000000199. The first kappa shape index (κ1) is 21.9. The Morgan fingerprint density at radius 2 is 1.89 bits per heavy atom. The third-order valence-corrected chi connectivity index (χ3v) is 1.38. The number of hydrogen-bond donors (Lipinski definition) is 2. The molecular weight excluding hydrogens is 228 g/mol. The van der Waals surface area contributed by atoms with Crippen molar-refractivity contribution in [3.63, 3.8) is 0 Å². The highest BCUT2D eigenvalue weighted by atomic mass is 16.1. The van der Waals surface area contributed by atoms with Crippen LogP contribution in [-0.4, -0.2) is 28.5 Å². The summed E-state index contributed by atoms with van der Waals surface area (Å²) in [6, 6.07) is 0. The van der Waals surface area contributed by atoms with E-state index in [-0.39, 0.29) is 5.91 Å². The van der Waals surface area contributed by atoms with Crippen molar-refractivity contribution in [3.8, 4) is 0 Å². The number of carbonyl (C=O) groups is 1. The van der Waals surface area contributed by atoms with Crippen LogP contribution in [0.3, 0.4) is 0 Å². The number of aryl methyl sites for hydroxylation is 1. The minimum absolute atomic E-state index is 0.0370. The molecule has 0 aliphatic carbocycles. The van der Waals surface area contributed by atoms with Crippen LogP contribution >= 0.6 is 0 Å². The molecule has 0 saturated carbocycles. The lowest BCUT2D eigenvalue weighted by Gasteiger charge is -1.96. The summed E-state index contributed by atoms with van der Waals surface area (Å²) in [6.07, 6.45) is 5.83. The first-order valence-corrected chi connectivity index (χ1v) is 6.59. The molecule has 1 aromatic heterocycles. The predicted molar refractivity (Wildman–Crippen MR) is 78.3 cm³/mol. The third kappa shape index (κ3) is 20.1. The minimum Gasteiger partial charge on any atom is -0.356 e. The van der Waals surface area contributed by atoms with Gasteiger partial charge in [-0.2, -0.15) is 0 Å². The van der Waals surface area contributed by atoms with Crippen LogP contribution in [0, 0.1) is 0 Å². The van der Waals surface area contributed by atoms with E-state index in [4.69, 9.17) is 5.73 Å². The lowest BCUT2D eigenvalue weighted by atomic mass is 10.4. The van der Waals surface area contributed by atoms with Crippen LogP contribution in [0.25, 0.3) is 0 Å². The second-order valence-corrected chi connectivity index (χ2v) is 2.72. The molecular formula is C13H30N4O. The van der Waals surface area contributed by atoms with E-state index in [0.717, 1.165) is 0 Å². The van der Waals surface area contributed by atoms with Crippen LogP contribution in [-0.2, 0) is 11.8 Å². The van der Waals surface area contributed by atoms with Crippen LogP contribution in [0.1, 0.15) is 41.0 Å². The van der Waals surface area contributed by atoms with Crippen LogP contribution in [0.4, 0.5) is 0 Å². The summed E-state index contributed by atoms with van der Waals surface area (Å²) < 4.78 is 1.89. The zero-order valence-electron chi connectivity index (χ0n) is 12.7. The van der Waals surface area contributed by atoms with Gasteiger partial charge in [-0.05, 0) is 6.92 Å². The molecule has 108 valence electrons. The van der Waals surface area contributed by atoms with Gasteiger partial charge in [0.25, 0.3) is 0 Å². The fourth-order valence-electron chi connectivity index (χ4n) is 0.742. The Hall–Kier alpha value is -1.36. The van der Waals surface area contributed by atoms with Gasteiger partial charge in [-0.25, -0.2) is 4.98 Å². The first-order valence-electron chi connectivity index (χ1n) is 6.59. The monoisotopic (exact) mass is 258 g/mol. The number of amides is 1. The Morgan fingerprint density at radius 3 is 2.11 bits per heavy atom. The lowest BCUT2D eigenvalue weighted by Crippen LogP contribution is -2.24. The van der Waals surface area contributed by atoms with Crippen LogP contribution in [0.15, 0.2) is 18.7 Å². The van der Waals surface area contributed by atoms with E-state index in [1.807, 2.05) is 52.4 Å². The Labute approximate surface area is 112 Å². The summed E-state index contributed by atoms with van der Waals surface area (Å²) >= 11 is 0. The Bertz CT molecular complexity index is 227. The summed E-state index contributed by atoms with van der Waals surface area (Å²) in [5, 5.41) is 2.63. The lowest BCUT2D eigenvalue weighted by molar-refractivity contribution is -0.120. The number of carbonyl (C=O) groups excluding carboxylic acids is 1. The number of imidazole rings is 1. The smallest absolute Gasteiger partial charge is 0.221 e. The van der Waals surface area contributed by atoms with Crippen molar-refractivity contribution in [1.29, 1.82) is 0 Å². The number of rotatable bonds is 3. The predicted octanol–water partition coefficient (Wildman–Crippen LogP) is 1.94. The molecule has 0 aromatic carbocycles. The highest BCUT2D eigenvalue weighted by Gasteiger charge is 1.92. The zero-order chi connectivity index (χ0) is 14.8. The van der Waals surface area contributed by atoms with E-state index in [0.29, 0.717) is 19.5 Å². The second kappa shape index (κ2) is 21.0. The number of nitrogens with two attached hydrogens (primary N) is 1. The molecule has 1 aromatic rings. The van der Waals surface area contributed by atoms with E-state index < -0.39 is 0 Å². The molecule has 0 atom stereocenters. The number of nitrogens with zero attached hydrogens (tertiary/aromatic N) is 2. The van der Waals surface area contributed by atoms with Crippen LogP contribution in [0.2, 0.25) is 0 Å². The molecule has 0 aliphatic heterocycles. The molecule has 1 rings (SSSR count). The van der Waals surface area contributed by atoms with Gasteiger partial charge in [0.15, 0.2) is 0 Å². The van der Waals surface area contributed by atoms with Crippen molar-refractivity contribution in [2.24, 2.45) is 12.8 Å². The molecule has 0 bridgehead atoms. The van der Waals surface area contributed by atoms with Crippen LogP contribution < -0.4 is 11.1 Å². The van der Waals surface area contributed by atoms with Gasteiger partial charge in [-0.3, -0.25) is 4.79 Å². The number of aromatic nitrogens is 2. The molecule has 5 nitrogen and oxygen atoms in total. The van der Waals surface area contributed by atoms with Gasteiger partial charge in [-0.15, -0.1) is 0 Å². The number of hydrogen-bond acceptors (Lipinski definition) is 3. The summed E-state index contributed by atoms with van der Waals surface area (Å²) in [6.45, 7) is 11.0. The molecule has 5 heteroatoms. The molecule has 0 fully saturated rings. The van der Waals surface area contributed by atoms with Crippen molar-refractivity contribution in [3.05, 3.63) is 18.7 Å². The van der Waals surface area contributed by atoms with Crippen molar-refractivity contribution in [2.45, 2.75) is 41.0 Å². The maximum absolute atomic E-state index is 10.5. The standard InChI is InChI=1S/C5H12N2O.C4H6N2.2C2H6/c1-2-7-5(8)3-4-6;1-6-3-2-5-4-6;2*1-2/h2-4,6H2,1H3,(H,7,8);2-4H,1H3;2*1-2H3. The average Bonchev–Trinajstić information content (AvgIpc) is 2.87. The molecule has 1 heterocycles. The molecule has 0 radical (unpaired) electrons. The van der Waals surface area contributed by atoms with E-state index in [9.17, 15) is 4.79 Å². The van der Waals surface area contributed by atoms with Gasteiger partial charge in [0.1, 0.15) is 0 Å². The molecule has 1 amide bonds. The minimum atomic E-state index is 0.0370. The Morgan fingerprint density at radius 1 is 1.33 bits per heavy atom. The zero-order valence-corrected chi connectivity index (χ0v) is 12.7. The van der Waals surface area contributed by atoms with Gasteiger partial charge in [0.2, 0.25) is 5.91 Å². The summed E-state index contributed by atoms with van der Waals surface area (Å²) in [7, 11) is 1.94. The van der Waals surface area contributed by atoms with Crippen molar-refractivity contribution >= 4 is 5.91 Å². The third-order valence-electron chi connectivity index (χ3n) is 1.38. The largest absolute Gasteiger partial charge is 0.356 e. The molecule has 0 saturated heterocycles. The highest BCUT2D eigenvalue weighted by molar-refractivity contribution is 5.75. The SMILES string of the molecule is CC.CC.CCNC(=O)CCN.Cn1ccnc1. The van der Waals surface area contributed by atoms with Gasteiger partial charge in [-0.1, -0.05) is 27.7 Å². The summed E-state index contributed by atoms with van der Waals surface area (Å²) in [5.74, 6) is 0.0370. The molecule has 18 heavy (non-hydrogen) atoms. The highest BCUT2D eigenvalue weighted by Crippen LogP contribution is 1.73. The normalized spacial score (nSPS) is 7.50. The molecule has 0 aliphatic rings. The molecule has 3 N–H and O–H groups in total. The topological polar surface area (TPSA) is 72.9 Å². The van der Waals surface area contributed by atoms with Crippen LogP contribution in [0.5, 0.6) is 0 Å². The van der Waals surface area contributed by atoms with E-state index in [1.54, 1.807) is 12.5 Å². The fraction of sp³-hybridized carbons (Fsp3) is 0.692. The van der Waals surface area contributed by atoms with Gasteiger partial charge < -0.3 is 15.6 Å². The molecule has 0 unspecified atom stereocenters. The van der Waals surface area contributed by atoms with Gasteiger partial charge >= 0.3 is 0 Å². The maximum atomic E-state index is 10.5. The second-order valence-electron chi connectivity index (χ2n) is 2.72. The van der Waals surface area contributed by atoms with Gasteiger partial charge in [0.05, 0.1) is 6.33 Å². The van der Waals surface area contributed by atoms with Crippen molar-refractivity contribution < 1.29 is 4.79 Å². The molecule has 0 spiro atoms. The first-order chi connectivity index (χ1) is 8.70. The number of nitrogens with one attached hydrogen (secondary N) is 1. The van der Waals surface area contributed by atoms with Gasteiger partial charge in [0, 0.05) is 39.0 Å². The average molecular weight is 258 g/mol. The van der Waals surface area contributed by atoms with Crippen molar-refractivity contribution in [1.82, 2.24) is 14.9 Å². The van der Waals surface area contributed by atoms with E-state index >= 15 is 0 Å². The fourth-order valence-corrected chi connectivity index (χ4v) is 0.742. The van der Waals surface area contributed by atoms with Crippen molar-refractivity contribution in [2.75, 3.05) is 13.1 Å². The summed E-state index contributed by atoms with van der Waals surface area (Å²) in [5.41, 5.74) is 5.10. The van der Waals surface area contributed by atoms with E-state index in [2.05, 4.69) is 10.3 Å². The summed E-state index contributed by atoms with van der Waals surface area (Å²) in [4.78, 5) is 14.2. The maximum Gasteiger partial charge on any atom is 0.221 e.